The summed E-state index contributed by atoms with van der Waals surface area (Å²) in [5.41, 5.74) is 4.82. The molecule has 0 saturated carbocycles. The molecule has 1 N–H and O–H groups in total. The van der Waals surface area contributed by atoms with Gasteiger partial charge in [-0.2, -0.15) is 5.10 Å². The van der Waals surface area contributed by atoms with Gasteiger partial charge in [0.2, 0.25) is 0 Å². The van der Waals surface area contributed by atoms with Gasteiger partial charge in [0.1, 0.15) is 6.33 Å². The molecule has 0 fully saturated rings. The number of hydrogen-bond donors (Lipinski definition) is 1. The molecule has 7 nitrogen and oxygen atoms in total. The SMILES string of the molecule is CCc1ccncc1-c1cc(C(=O)Nc2nc(C)cs2)c2ncnn2c1. The first-order valence-corrected chi connectivity index (χ1v) is 9.04. The summed E-state index contributed by atoms with van der Waals surface area (Å²) in [6.07, 6.45) is 7.75. The smallest absolute Gasteiger partial charge is 0.261 e. The van der Waals surface area contributed by atoms with Crippen molar-refractivity contribution in [2.45, 2.75) is 20.3 Å². The van der Waals surface area contributed by atoms with Crippen LogP contribution in [0.5, 0.6) is 0 Å². The van der Waals surface area contributed by atoms with Crippen LogP contribution in [0.2, 0.25) is 0 Å². The summed E-state index contributed by atoms with van der Waals surface area (Å²) in [5, 5.41) is 9.50. The van der Waals surface area contributed by atoms with Crippen LogP contribution in [0.15, 0.2) is 42.4 Å². The van der Waals surface area contributed by atoms with Crippen molar-refractivity contribution in [2.24, 2.45) is 0 Å². The molecule has 4 rings (SSSR count). The van der Waals surface area contributed by atoms with Crippen molar-refractivity contribution in [3.63, 3.8) is 0 Å². The van der Waals surface area contributed by atoms with E-state index in [9.17, 15) is 4.79 Å². The Labute approximate surface area is 153 Å². The molecule has 4 heterocycles. The first-order chi connectivity index (χ1) is 12.7. The van der Waals surface area contributed by atoms with Crippen LogP contribution in [0.25, 0.3) is 16.8 Å². The van der Waals surface area contributed by atoms with Crippen molar-refractivity contribution in [1.82, 2.24) is 24.6 Å². The van der Waals surface area contributed by atoms with Crippen molar-refractivity contribution in [2.75, 3.05) is 5.32 Å². The second-order valence-corrected chi connectivity index (χ2v) is 6.66. The number of amides is 1. The number of fused-ring (bicyclic) bond motifs is 1. The van der Waals surface area contributed by atoms with Crippen molar-refractivity contribution in [3.05, 3.63) is 59.3 Å². The number of aryl methyl sites for hydroxylation is 2. The van der Waals surface area contributed by atoms with Crippen LogP contribution in [0, 0.1) is 6.92 Å². The zero-order valence-corrected chi connectivity index (χ0v) is 15.1. The van der Waals surface area contributed by atoms with Gasteiger partial charge in [-0.3, -0.25) is 15.1 Å². The summed E-state index contributed by atoms with van der Waals surface area (Å²) in [6, 6.07) is 3.81. The number of hydrogen-bond acceptors (Lipinski definition) is 6. The number of nitrogens with zero attached hydrogens (tertiary/aromatic N) is 5. The lowest BCUT2D eigenvalue weighted by Gasteiger charge is -2.10. The maximum atomic E-state index is 12.8. The minimum atomic E-state index is -0.263. The molecule has 0 unspecified atom stereocenters. The van der Waals surface area contributed by atoms with Crippen molar-refractivity contribution >= 4 is 28.0 Å². The van der Waals surface area contributed by atoms with Gasteiger partial charge in [0, 0.05) is 35.1 Å². The Morgan fingerprint density at radius 3 is 3.04 bits per heavy atom. The zero-order chi connectivity index (χ0) is 18.1. The number of rotatable bonds is 4. The Balaban J connectivity index is 1.81. The predicted octanol–water partition coefficient (Wildman–Crippen LogP) is 3.37. The fourth-order valence-corrected chi connectivity index (χ4v) is 3.49. The molecule has 26 heavy (non-hydrogen) atoms. The molecule has 0 atom stereocenters. The molecule has 0 radical (unpaired) electrons. The molecule has 0 bridgehead atoms. The van der Waals surface area contributed by atoms with E-state index >= 15 is 0 Å². The number of carbonyl (C=O) groups excluding carboxylic acids is 1. The van der Waals surface area contributed by atoms with Crippen LogP contribution < -0.4 is 5.32 Å². The molecule has 4 aromatic heterocycles. The monoisotopic (exact) mass is 364 g/mol. The summed E-state index contributed by atoms with van der Waals surface area (Å²) in [5.74, 6) is -0.263. The second-order valence-electron chi connectivity index (χ2n) is 5.81. The first kappa shape index (κ1) is 16.3. The van der Waals surface area contributed by atoms with Crippen LogP contribution in [0.1, 0.15) is 28.5 Å². The van der Waals surface area contributed by atoms with Gasteiger partial charge in [0.05, 0.1) is 11.3 Å². The Morgan fingerprint density at radius 2 is 2.27 bits per heavy atom. The van der Waals surface area contributed by atoms with E-state index in [1.54, 1.807) is 10.7 Å². The summed E-state index contributed by atoms with van der Waals surface area (Å²) < 4.78 is 1.61. The molecular formula is C18H16N6OS. The van der Waals surface area contributed by atoms with Gasteiger partial charge < -0.3 is 0 Å². The fraction of sp³-hybridized carbons (Fsp3) is 0.167. The zero-order valence-electron chi connectivity index (χ0n) is 14.3. The van der Waals surface area contributed by atoms with Gasteiger partial charge in [-0.25, -0.2) is 14.5 Å². The Kier molecular flexibility index (Phi) is 4.18. The fourth-order valence-electron chi connectivity index (χ4n) is 2.81. The lowest BCUT2D eigenvalue weighted by atomic mass is 10.0. The highest BCUT2D eigenvalue weighted by molar-refractivity contribution is 7.13. The quantitative estimate of drug-likeness (QED) is 0.600. The van der Waals surface area contributed by atoms with E-state index in [2.05, 4.69) is 32.3 Å². The van der Waals surface area contributed by atoms with Gasteiger partial charge >= 0.3 is 0 Å². The number of thiazole rings is 1. The van der Waals surface area contributed by atoms with E-state index in [0.717, 1.165) is 28.8 Å². The second kappa shape index (κ2) is 6.64. The Morgan fingerprint density at radius 1 is 1.38 bits per heavy atom. The number of pyridine rings is 2. The normalized spacial score (nSPS) is 11.0. The topological polar surface area (TPSA) is 85.1 Å². The summed E-state index contributed by atoms with van der Waals surface area (Å²) >= 11 is 1.39. The number of carbonyl (C=O) groups is 1. The van der Waals surface area contributed by atoms with Crippen LogP contribution >= 0.6 is 11.3 Å². The minimum absolute atomic E-state index is 0.263. The molecule has 1 amide bonds. The van der Waals surface area contributed by atoms with Gasteiger partial charge in [0.25, 0.3) is 5.91 Å². The molecule has 0 aliphatic rings. The standard InChI is InChI=1S/C18H16N6OS/c1-3-12-4-5-19-7-15(12)13-6-14(16-20-10-21-24(16)8-13)17(25)23-18-22-11(2)9-26-18/h4-10H,3H2,1-2H3,(H,22,23,25). The van der Waals surface area contributed by atoms with Crippen LogP contribution in [0.3, 0.4) is 0 Å². The molecule has 0 aromatic carbocycles. The lowest BCUT2D eigenvalue weighted by Crippen LogP contribution is -2.14. The largest absolute Gasteiger partial charge is 0.298 e. The average molecular weight is 364 g/mol. The van der Waals surface area contributed by atoms with Gasteiger partial charge in [0.15, 0.2) is 10.8 Å². The van der Waals surface area contributed by atoms with Crippen molar-refractivity contribution in [3.8, 4) is 11.1 Å². The number of aromatic nitrogens is 5. The molecule has 0 aliphatic carbocycles. The molecule has 0 aliphatic heterocycles. The maximum Gasteiger partial charge on any atom is 0.261 e. The summed E-state index contributed by atoms with van der Waals surface area (Å²) in [4.78, 5) is 25.6. The van der Waals surface area contributed by atoms with E-state index < -0.39 is 0 Å². The number of anilines is 1. The van der Waals surface area contributed by atoms with Crippen molar-refractivity contribution in [1.29, 1.82) is 0 Å². The van der Waals surface area contributed by atoms with Crippen LogP contribution in [-0.4, -0.2) is 30.5 Å². The van der Waals surface area contributed by atoms with Gasteiger partial charge in [-0.05, 0) is 31.0 Å². The third-order valence-electron chi connectivity index (χ3n) is 4.06. The third kappa shape index (κ3) is 2.95. The molecule has 8 heteroatoms. The van der Waals surface area contributed by atoms with E-state index in [1.807, 2.05) is 36.8 Å². The van der Waals surface area contributed by atoms with E-state index in [0.29, 0.717) is 16.3 Å². The highest BCUT2D eigenvalue weighted by atomic mass is 32.1. The van der Waals surface area contributed by atoms with Gasteiger partial charge in [-0.15, -0.1) is 11.3 Å². The first-order valence-electron chi connectivity index (χ1n) is 8.16. The molecule has 0 saturated heterocycles. The lowest BCUT2D eigenvalue weighted by molar-refractivity contribution is 0.102. The highest BCUT2D eigenvalue weighted by Gasteiger charge is 2.17. The van der Waals surface area contributed by atoms with Crippen LogP contribution in [-0.2, 0) is 6.42 Å². The van der Waals surface area contributed by atoms with Crippen molar-refractivity contribution < 1.29 is 4.79 Å². The van der Waals surface area contributed by atoms with E-state index in [-0.39, 0.29) is 5.91 Å². The Bertz CT molecular complexity index is 1100. The summed E-state index contributed by atoms with van der Waals surface area (Å²) in [7, 11) is 0. The average Bonchev–Trinajstić information content (AvgIpc) is 3.29. The minimum Gasteiger partial charge on any atom is -0.298 e. The summed E-state index contributed by atoms with van der Waals surface area (Å²) in [6.45, 7) is 3.98. The van der Waals surface area contributed by atoms with E-state index in [1.165, 1.54) is 17.7 Å². The van der Waals surface area contributed by atoms with Gasteiger partial charge in [-0.1, -0.05) is 6.92 Å². The molecule has 130 valence electrons. The molecule has 4 aromatic rings. The number of nitrogens with one attached hydrogen (secondary N) is 1. The van der Waals surface area contributed by atoms with E-state index in [4.69, 9.17) is 0 Å². The third-order valence-corrected chi connectivity index (χ3v) is 4.94. The highest BCUT2D eigenvalue weighted by Crippen LogP contribution is 2.26. The molecule has 0 spiro atoms. The maximum absolute atomic E-state index is 12.8. The van der Waals surface area contributed by atoms with Crippen LogP contribution in [0.4, 0.5) is 5.13 Å². The Hall–Kier alpha value is -3.13. The predicted molar refractivity (Wildman–Crippen MR) is 100 cm³/mol. The molecular weight excluding hydrogens is 348 g/mol.